The van der Waals surface area contributed by atoms with Gasteiger partial charge >= 0.3 is 5.97 Å². The average Bonchev–Trinajstić information content (AvgIpc) is 3.39. The number of aromatic nitrogens is 3. The van der Waals surface area contributed by atoms with Crippen LogP contribution < -0.4 is 14.8 Å². The number of fused-ring (bicyclic) bond motifs is 5. The Bertz CT molecular complexity index is 1610. The Labute approximate surface area is 231 Å². The fourth-order valence-electron chi connectivity index (χ4n) is 4.62. The number of rotatable bonds is 7. The number of hydrogen-bond donors (Lipinski definition) is 2. The SMILES string of the molecule is O=C(Oc1ccc(CS)cc1)c1ccc(OCCn2nnc3c2-c2ccccc2NCc2ccccc2-3)cc1. The summed E-state index contributed by atoms with van der Waals surface area (Å²) < 4.78 is 13.4. The smallest absolute Gasteiger partial charge is 0.343 e. The summed E-state index contributed by atoms with van der Waals surface area (Å²) >= 11 is 4.24. The number of esters is 1. The predicted molar refractivity (Wildman–Crippen MR) is 154 cm³/mol. The van der Waals surface area contributed by atoms with Crippen LogP contribution in [0, 0.1) is 0 Å². The molecule has 1 aliphatic rings. The third-order valence-electron chi connectivity index (χ3n) is 6.64. The largest absolute Gasteiger partial charge is 0.492 e. The number of carbonyl (C=O) groups is 1. The third kappa shape index (κ3) is 5.24. The number of thiol groups is 1. The van der Waals surface area contributed by atoms with Crippen LogP contribution in [0.1, 0.15) is 21.5 Å². The standard InChI is InChI=1S/C31H26N4O3S/c36-31(38-25-13-9-21(20-39)10-14-25)22-11-15-24(16-12-22)37-18-17-35-30-27-7-3-4-8-28(27)32-19-23-5-1-2-6-26(23)29(30)33-34-35/h1-16,32,39H,17-20H2. The Balaban J connectivity index is 1.15. The Kier molecular flexibility index (Phi) is 7.01. The molecule has 8 heteroatoms. The van der Waals surface area contributed by atoms with Crippen LogP contribution >= 0.6 is 12.6 Å². The lowest BCUT2D eigenvalue weighted by atomic mass is 9.97. The van der Waals surface area contributed by atoms with Gasteiger partial charge in [-0.25, -0.2) is 9.48 Å². The predicted octanol–water partition coefficient (Wildman–Crippen LogP) is 6.27. The van der Waals surface area contributed by atoms with Crippen molar-refractivity contribution in [1.29, 1.82) is 0 Å². The van der Waals surface area contributed by atoms with Gasteiger partial charge in [-0.3, -0.25) is 0 Å². The minimum Gasteiger partial charge on any atom is -0.492 e. The van der Waals surface area contributed by atoms with Gasteiger partial charge in [0, 0.05) is 29.1 Å². The van der Waals surface area contributed by atoms with Gasteiger partial charge in [0.25, 0.3) is 0 Å². The lowest BCUT2D eigenvalue weighted by Gasteiger charge is -2.19. The lowest BCUT2D eigenvalue weighted by molar-refractivity contribution is 0.0734. The van der Waals surface area contributed by atoms with E-state index in [4.69, 9.17) is 9.47 Å². The monoisotopic (exact) mass is 534 g/mol. The highest BCUT2D eigenvalue weighted by Gasteiger charge is 2.23. The molecule has 0 saturated heterocycles. The molecule has 1 aromatic heterocycles. The van der Waals surface area contributed by atoms with Gasteiger partial charge in [-0.05, 0) is 53.6 Å². The summed E-state index contributed by atoms with van der Waals surface area (Å²) in [6, 6.07) is 30.7. The molecule has 6 rings (SSSR count). The van der Waals surface area contributed by atoms with E-state index < -0.39 is 5.97 Å². The van der Waals surface area contributed by atoms with E-state index in [-0.39, 0.29) is 0 Å². The molecule has 4 aromatic carbocycles. The Morgan fingerprint density at radius 2 is 1.59 bits per heavy atom. The van der Waals surface area contributed by atoms with E-state index in [1.54, 1.807) is 36.4 Å². The van der Waals surface area contributed by atoms with Crippen molar-refractivity contribution < 1.29 is 14.3 Å². The number of carbonyl (C=O) groups excluding carboxylic acids is 1. The first-order chi connectivity index (χ1) is 19.2. The van der Waals surface area contributed by atoms with Crippen LogP contribution in [0.3, 0.4) is 0 Å². The van der Waals surface area contributed by atoms with Gasteiger partial charge < -0.3 is 14.8 Å². The van der Waals surface area contributed by atoms with Gasteiger partial charge in [-0.1, -0.05) is 59.8 Å². The molecule has 39 heavy (non-hydrogen) atoms. The maximum atomic E-state index is 12.5. The molecule has 7 nitrogen and oxygen atoms in total. The van der Waals surface area contributed by atoms with Crippen LogP contribution in [-0.4, -0.2) is 27.6 Å². The Hall–Kier alpha value is -4.56. The molecule has 0 unspecified atom stereocenters. The second kappa shape index (κ2) is 11.0. The molecule has 0 saturated carbocycles. The molecule has 194 valence electrons. The summed E-state index contributed by atoms with van der Waals surface area (Å²) in [5, 5.41) is 12.6. The van der Waals surface area contributed by atoms with Gasteiger partial charge in [-0.15, -0.1) is 5.10 Å². The van der Waals surface area contributed by atoms with Crippen molar-refractivity contribution in [2.45, 2.75) is 18.8 Å². The molecule has 1 aliphatic heterocycles. The fraction of sp³-hybridized carbons (Fsp3) is 0.129. The summed E-state index contributed by atoms with van der Waals surface area (Å²) in [6.07, 6.45) is 0. The molecule has 0 fully saturated rings. The summed E-state index contributed by atoms with van der Waals surface area (Å²) in [4.78, 5) is 12.5. The van der Waals surface area contributed by atoms with Crippen LogP contribution in [0.5, 0.6) is 11.5 Å². The maximum Gasteiger partial charge on any atom is 0.343 e. The first-order valence-electron chi connectivity index (χ1n) is 12.7. The van der Waals surface area contributed by atoms with Gasteiger partial charge in [0.05, 0.1) is 17.8 Å². The molecule has 0 atom stereocenters. The molecular weight excluding hydrogens is 508 g/mol. The summed E-state index contributed by atoms with van der Waals surface area (Å²) in [6.45, 7) is 1.60. The first kappa shape index (κ1) is 24.8. The molecule has 5 aromatic rings. The second-order valence-corrected chi connectivity index (χ2v) is 9.45. The van der Waals surface area contributed by atoms with Gasteiger partial charge in [0.2, 0.25) is 0 Å². The van der Waals surface area contributed by atoms with Crippen LogP contribution in [-0.2, 0) is 18.8 Å². The number of para-hydroxylation sites is 1. The highest BCUT2D eigenvalue weighted by molar-refractivity contribution is 7.79. The van der Waals surface area contributed by atoms with Crippen molar-refractivity contribution in [3.63, 3.8) is 0 Å². The van der Waals surface area contributed by atoms with E-state index in [0.29, 0.717) is 42.5 Å². The minimum atomic E-state index is -0.422. The van der Waals surface area contributed by atoms with E-state index in [2.05, 4.69) is 52.5 Å². The molecule has 0 spiro atoms. The molecule has 0 radical (unpaired) electrons. The van der Waals surface area contributed by atoms with Crippen LogP contribution in [0.4, 0.5) is 5.69 Å². The summed E-state index contributed by atoms with van der Waals surface area (Å²) in [5.74, 6) is 1.36. The van der Waals surface area contributed by atoms with Crippen molar-refractivity contribution in [3.8, 4) is 34.0 Å². The van der Waals surface area contributed by atoms with Crippen LogP contribution in [0.2, 0.25) is 0 Å². The van der Waals surface area contributed by atoms with Gasteiger partial charge in [0.1, 0.15) is 23.8 Å². The van der Waals surface area contributed by atoms with Crippen molar-refractivity contribution in [2.24, 2.45) is 0 Å². The number of nitrogens with one attached hydrogen (secondary N) is 1. The van der Waals surface area contributed by atoms with E-state index in [1.807, 2.05) is 41.1 Å². The zero-order chi connectivity index (χ0) is 26.6. The Morgan fingerprint density at radius 1 is 0.872 bits per heavy atom. The van der Waals surface area contributed by atoms with Crippen molar-refractivity contribution >= 4 is 24.3 Å². The quantitative estimate of drug-likeness (QED) is 0.146. The number of ether oxygens (including phenoxy) is 2. The lowest BCUT2D eigenvalue weighted by Crippen LogP contribution is -2.13. The number of nitrogens with zero attached hydrogens (tertiary/aromatic N) is 3. The molecule has 0 amide bonds. The molecule has 2 heterocycles. The van der Waals surface area contributed by atoms with Crippen molar-refractivity contribution in [1.82, 2.24) is 15.0 Å². The highest BCUT2D eigenvalue weighted by atomic mass is 32.1. The zero-order valence-corrected chi connectivity index (χ0v) is 22.0. The van der Waals surface area contributed by atoms with E-state index in [9.17, 15) is 4.79 Å². The Morgan fingerprint density at radius 3 is 2.38 bits per heavy atom. The van der Waals surface area contributed by atoms with E-state index in [1.165, 1.54) is 5.56 Å². The number of benzene rings is 4. The molecular formula is C31H26N4O3S. The normalized spacial score (nSPS) is 11.7. The van der Waals surface area contributed by atoms with Crippen molar-refractivity contribution in [2.75, 3.05) is 11.9 Å². The summed E-state index contributed by atoms with van der Waals surface area (Å²) in [5.41, 5.74) is 7.65. The average molecular weight is 535 g/mol. The fourth-order valence-corrected chi connectivity index (χ4v) is 4.83. The summed E-state index contributed by atoms with van der Waals surface area (Å²) in [7, 11) is 0. The second-order valence-electron chi connectivity index (χ2n) is 9.13. The highest BCUT2D eigenvalue weighted by Crippen LogP contribution is 2.38. The minimum absolute atomic E-state index is 0.383. The maximum absolute atomic E-state index is 12.5. The molecule has 0 aliphatic carbocycles. The topological polar surface area (TPSA) is 78.3 Å². The van der Waals surface area contributed by atoms with E-state index >= 15 is 0 Å². The molecule has 1 N–H and O–H groups in total. The van der Waals surface area contributed by atoms with Gasteiger partial charge in [0.15, 0.2) is 0 Å². The molecule has 0 bridgehead atoms. The number of hydrogen-bond acceptors (Lipinski definition) is 7. The first-order valence-corrected chi connectivity index (χ1v) is 13.3. The zero-order valence-electron chi connectivity index (χ0n) is 21.1. The van der Waals surface area contributed by atoms with Crippen LogP contribution in [0.15, 0.2) is 97.1 Å². The van der Waals surface area contributed by atoms with E-state index in [0.717, 1.165) is 33.8 Å². The van der Waals surface area contributed by atoms with Crippen LogP contribution in [0.25, 0.3) is 22.5 Å². The third-order valence-corrected chi connectivity index (χ3v) is 7.00. The van der Waals surface area contributed by atoms with Crippen molar-refractivity contribution in [3.05, 3.63) is 114 Å². The van der Waals surface area contributed by atoms with Gasteiger partial charge in [-0.2, -0.15) is 12.6 Å². The number of anilines is 1.